The van der Waals surface area contributed by atoms with Crippen molar-refractivity contribution in [3.8, 4) is 11.4 Å². The Morgan fingerprint density at radius 3 is 2.18 bits per heavy atom. The summed E-state index contributed by atoms with van der Waals surface area (Å²) < 4.78 is 123. The number of aliphatic hydroxyl groups excluding tert-OH is 1. The Bertz CT molecular complexity index is 1810. The highest BCUT2D eigenvalue weighted by Gasteiger charge is 2.40. The van der Waals surface area contributed by atoms with Gasteiger partial charge >= 0.3 is 24.6 Å². The third kappa shape index (κ3) is 7.68. The van der Waals surface area contributed by atoms with Gasteiger partial charge in [-0.3, -0.25) is 4.90 Å². The maximum atomic E-state index is 13.7. The van der Waals surface area contributed by atoms with Crippen LogP contribution in [0.3, 0.4) is 0 Å². The summed E-state index contributed by atoms with van der Waals surface area (Å²) in [5.74, 6) is -0.462. The molecule has 3 heterocycles. The lowest BCUT2D eigenvalue weighted by atomic mass is 9.89. The SMILES string of the molecule is CC[C@@H]1C[C@H](Nc2ncc(-c3nnn(CCO)n3)c(Cc3cc(C(F)(F)F)cc(C(F)(F)F)c3)n2)c2cc(C(F)(F)F)ccc2N1C(=O)O. The predicted octanol–water partition coefficient (Wildman–Crippen LogP) is 6.59. The summed E-state index contributed by atoms with van der Waals surface area (Å²) in [6, 6.07) is 1.87. The molecule has 1 amide bonds. The van der Waals surface area contributed by atoms with E-state index in [-0.39, 0.29) is 66.3 Å². The van der Waals surface area contributed by atoms with Crippen LogP contribution in [0, 0.1) is 0 Å². The van der Waals surface area contributed by atoms with Crippen molar-refractivity contribution < 1.29 is 54.5 Å². The van der Waals surface area contributed by atoms with Crippen LogP contribution in [-0.2, 0) is 31.5 Å². The second kappa shape index (κ2) is 13.1. The lowest BCUT2D eigenvalue weighted by Crippen LogP contribution is -2.45. The number of amides is 1. The van der Waals surface area contributed by atoms with E-state index < -0.39 is 65.4 Å². The van der Waals surface area contributed by atoms with Crippen LogP contribution in [0.2, 0.25) is 0 Å². The predicted molar refractivity (Wildman–Crippen MR) is 152 cm³/mol. The summed E-state index contributed by atoms with van der Waals surface area (Å²) in [6.07, 6.45) is -15.7. The topological polar surface area (TPSA) is 142 Å². The average molecular weight is 705 g/mol. The number of halogens is 9. The van der Waals surface area contributed by atoms with Crippen LogP contribution < -0.4 is 10.2 Å². The van der Waals surface area contributed by atoms with Crippen LogP contribution in [0.4, 0.5) is 55.9 Å². The van der Waals surface area contributed by atoms with Crippen molar-refractivity contribution in [1.82, 2.24) is 30.2 Å². The number of carboxylic acid groups (broad SMARTS) is 1. The molecule has 0 spiro atoms. The maximum absolute atomic E-state index is 13.7. The molecular formula is C29H25F9N8O3. The second-order valence-corrected chi connectivity index (χ2v) is 11.0. The number of alkyl halides is 9. The van der Waals surface area contributed by atoms with E-state index in [0.717, 1.165) is 34.1 Å². The Balaban J connectivity index is 1.61. The maximum Gasteiger partial charge on any atom is 0.416 e. The molecule has 2 aromatic carbocycles. The smallest absolute Gasteiger partial charge is 0.416 e. The summed E-state index contributed by atoms with van der Waals surface area (Å²) in [6.45, 7) is 1.19. The van der Waals surface area contributed by atoms with Crippen LogP contribution >= 0.6 is 0 Å². The zero-order chi connectivity index (χ0) is 35.9. The van der Waals surface area contributed by atoms with E-state index in [1.807, 2.05) is 0 Å². The number of benzene rings is 2. The molecule has 1 aliphatic heterocycles. The van der Waals surface area contributed by atoms with E-state index in [1.54, 1.807) is 6.92 Å². The molecule has 5 rings (SSSR count). The number of anilines is 2. The summed E-state index contributed by atoms with van der Waals surface area (Å²) in [4.78, 5) is 22.5. The van der Waals surface area contributed by atoms with E-state index >= 15 is 0 Å². The molecule has 0 bridgehead atoms. The number of tetrazole rings is 1. The molecular weight excluding hydrogens is 679 g/mol. The number of fused-ring (bicyclic) bond motifs is 1. The molecule has 0 unspecified atom stereocenters. The van der Waals surface area contributed by atoms with Crippen molar-refractivity contribution in [3.63, 3.8) is 0 Å². The summed E-state index contributed by atoms with van der Waals surface area (Å²) in [5.41, 5.74) is -4.94. The lowest BCUT2D eigenvalue weighted by molar-refractivity contribution is -0.143. The zero-order valence-corrected chi connectivity index (χ0v) is 25.1. The van der Waals surface area contributed by atoms with Gasteiger partial charge in [0.1, 0.15) is 0 Å². The minimum Gasteiger partial charge on any atom is -0.465 e. The van der Waals surface area contributed by atoms with Crippen LogP contribution in [0.1, 0.15) is 59.3 Å². The van der Waals surface area contributed by atoms with Crippen LogP contribution in [-0.4, -0.2) is 59.1 Å². The third-order valence-corrected chi connectivity index (χ3v) is 7.72. The van der Waals surface area contributed by atoms with E-state index in [0.29, 0.717) is 12.1 Å². The van der Waals surface area contributed by atoms with E-state index in [1.165, 1.54) is 0 Å². The van der Waals surface area contributed by atoms with Gasteiger partial charge in [-0.25, -0.2) is 14.8 Å². The molecule has 2 atom stereocenters. The number of carbonyl (C=O) groups is 1. The molecule has 49 heavy (non-hydrogen) atoms. The lowest BCUT2D eigenvalue weighted by Gasteiger charge is -2.39. The van der Waals surface area contributed by atoms with Crippen molar-refractivity contribution in [2.24, 2.45) is 0 Å². The van der Waals surface area contributed by atoms with Gasteiger partial charge in [0, 0.05) is 18.7 Å². The van der Waals surface area contributed by atoms with Gasteiger partial charge in [0.2, 0.25) is 11.8 Å². The molecule has 11 nitrogen and oxygen atoms in total. The number of hydrogen-bond donors (Lipinski definition) is 3. The number of aromatic nitrogens is 6. The van der Waals surface area contributed by atoms with Crippen LogP contribution in [0.5, 0.6) is 0 Å². The quantitative estimate of drug-likeness (QED) is 0.173. The van der Waals surface area contributed by atoms with Crippen molar-refractivity contribution >= 4 is 17.7 Å². The molecule has 0 saturated heterocycles. The van der Waals surface area contributed by atoms with Crippen LogP contribution in [0.25, 0.3) is 11.4 Å². The Morgan fingerprint density at radius 1 is 0.959 bits per heavy atom. The van der Waals surface area contributed by atoms with Crippen molar-refractivity contribution in [1.29, 1.82) is 0 Å². The molecule has 0 fully saturated rings. The monoisotopic (exact) mass is 704 g/mol. The molecule has 3 N–H and O–H groups in total. The highest BCUT2D eigenvalue weighted by atomic mass is 19.4. The fraction of sp³-hybridized carbons (Fsp3) is 0.379. The first-order valence-electron chi connectivity index (χ1n) is 14.4. The zero-order valence-electron chi connectivity index (χ0n) is 25.1. The fourth-order valence-corrected chi connectivity index (χ4v) is 5.49. The third-order valence-electron chi connectivity index (χ3n) is 7.72. The molecule has 262 valence electrons. The van der Waals surface area contributed by atoms with Gasteiger partial charge in [-0.2, -0.15) is 44.3 Å². The number of nitrogens with one attached hydrogen (secondary N) is 1. The number of rotatable bonds is 8. The Hall–Kier alpha value is -5.01. The minimum absolute atomic E-state index is 0.0266. The second-order valence-electron chi connectivity index (χ2n) is 11.0. The number of aliphatic hydroxyl groups is 1. The fourth-order valence-electron chi connectivity index (χ4n) is 5.49. The van der Waals surface area contributed by atoms with Gasteiger partial charge in [0.25, 0.3) is 0 Å². The highest BCUT2D eigenvalue weighted by molar-refractivity contribution is 5.89. The number of hydrogen-bond acceptors (Lipinski definition) is 8. The highest BCUT2D eigenvalue weighted by Crippen LogP contribution is 2.43. The van der Waals surface area contributed by atoms with Crippen molar-refractivity contribution in [2.45, 2.75) is 63.3 Å². The summed E-state index contributed by atoms with van der Waals surface area (Å²) in [5, 5.41) is 33.5. The Kier molecular flexibility index (Phi) is 9.46. The Morgan fingerprint density at radius 2 is 1.61 bits per heavy atom. The summed E-state index contributed by atoms with van der Waals surface area (Å²) in [7, 11) is 0. The largest absolute Gasteiger partial charge is 0.465 e. The molecule has 0 radical (unpaired) electrons. The molecule has 4 aromatic rings. The number of nitrogens with zero attached hydrogens (tertiary/aromatic N) is 7. The standard InChI is InChI=1S/C29H25F9N8O3/c1-2-18-12-22(19-11-15(27(30,31)32)3-4-23(19)46(18)26(48)49)41-25-39-13-20(24-42-44-45(43-24)5-6-47)21(40-25)9-14-7-16(28(33,34)35)10-17(8-14)29(36,37)38/h3-4,7-8,10-11,13,18,22,47H,2,5-6,9,12H2,1H3,(H,48,49)(H,39,40,41)/t18-,22+/m1/s1. The van der Waals surface area contributed by atoms with Crippen molar-refractivity contribution in [2.75, 3.05) is 16.8 Å². The molecule has 0 saturated carbocycles. The first kappa shape index (κ1) is 35.3. The van der Waals surface area contributed by atoms with Gasteiger partial charge in [-0.15, -0.1) is 10.2 Å². The average Bonchev–Trinajstić information content (AvgIpc) is 3.47. The van der Waals surface area contributed by atoms with Crippen molar-refractivity contribution in [3.05, 3.63) is 76.1 Å². The molecule has 1 aliphatic rings. The van der Waals surface area contributed by atoms with Gasteiger partial charge in [-0.1, -0.05) is 6.92 Å². The van der Waals surface area contributed by atoms with Gasteiger partial charge in [0.05, 0.1) is 52.8 Å². The first-order valence-corrected chi connectivity index (χ1v) is 14.4. The molecule has 2 aromatic heterocycles. The molecule has 20 heteroatoms. The minimum atomic E-state index is -5.13. The Labute approximate surface area is 270 Å². The van der Waals surface area contributed by atoms with E-state index in [9.17, 15) is 54.5 Å². The first-order chi connectivity index (χ1) is 22.9. The van der Waals surface area contributed by atoms with Gasteiger partial charge in [-0.05, 0) is 65.6 Å². The normalized spacial score (nSPS) is 16.8. The van der Waals surface area contributed by atoms with E-state index in [2.05, 4.69) is 30.7 Å². The van der Waals surface area contributed by atoms with Gasteiger partial charge in [0.15, 0.2) is 0 Å². The van der Waals surface area contributed by atoms with Gasteiger partial charge < -0.3 is 15.5 Å². The molecule has 0 aliphatic carbocycles. The van der Waals surface area contributed by atoms with E-state index in [4.69, 9.17) is 0 Å². The summed E-state index contributed by atoms with van der Waals surface area (Å²) >= 11 is 0. The van der Waals surface area contributed by atoms with Crippen LogP contribution in [0.15, 0.2) is 42.6 Å².